The molecule has 0 aliphatic carbocycles. The van der Waals surface area contributed by atoms with Gasteiger partial charge in [-0.05, 0) is 31.4 Å². The van der Waals surface area contributed by atoms with Crippen molar-refractivity contribution in [3.8, 4) is 5.75 Å². The van der Waals surface area contributed by atoms with E-state index in [4.69, 9.17) is 19.5 Å². The van der Waals surface area contributed by atoms with Crippen molar-refractivity contribution in [2.75, 3.05) is 6.61 Å². The molecule has 1 aromatic rings. The summed E-state index contributed by atoms with van der Waals surface area (Å²) in [6.45, 7) is 4.24. The standard InChI is InChI=1S/C10H15BO4/c1-3-14-8(2)15-10-6-4-5-9(7-10)11(12)13/h4-8,12-13H,3H2,1-2H3. The van der Waals surface area contributed by atoms with E-state index in [2.05, 4.69) is 0 Å². The third kappa shape index (κ3) is 3.91. The summed E-state index contributed by atoms with van der Waals surface area (Å²) in [6, 6.07) is 6.62. The van der Waals surface area contributed by atoms with Crippen LogP contribution in [0.2, 0.25) is 0 Å². The monoisotopic (exact) mass is 210 g/mol. The summed E-state index contributed by atoms with van der Waals surface area (Å²) in [4.78, 5) is 0. The van der Waals surface area contributed by atoms with E-state index in [9.17, 15) is 0 Å². The van der Waals surface area contributed by atoms with Gasteiger partial charge in [0.1, 0.15) is 5.75 Å². The zero-order valence-corrected chi connectivity index (χ0v) is 8.88. The summed E-state index contributed by atoms with van der Waals surface area (Å²) in [5.41, 5.74) is 0.399. The van der Waals surface area contributed by atoms with Crippen LogP contribution in [0.1, 0.15) is 13.8 Å². The van der Waals surface area contributed by atoms with Gasteiger partial charge in [-0.3, -0.25) is 0 Å². The second kappa shape index (κ2) is 5.75. The summed E-state index contributed by atoms with van der Waals surface area (Å²) in [5, 5.41) is 17.9. The molecule has 0 aliphatic heterocycles. The van der Waals surface area contributed by atoms with Crippen molar-refractivity contribution >= 4 is 12.6 Å². The fraction of sp³-hybridized carbons (Fsp3) is 0.400. The lowest BCUT2D eigenvalue weighted by Gasteiger charge is -2.14. The quantitative estimate of drug-likeness (QED) is 0.535. The minimum absolute atomic E-state index is 0.346. The van der Waals surface area contributed by atoms with Crippen LogP contribution in [-0.2, 0) is 4.74 Å². The zero-order chi connectivity index (χ0) is 11.3. The first-order valence-electron chi connectivity index (χ1n) is 4.88. The SMILES string of the molecule is CCOC(C)Oc1cccc(B(O)O)c1. The van der Waals surface area contributed by atoms with E-state index in [0.29, 0.717) is 17.8 Å². The Balaban J connectivity index is 2.65. The van der Waals surface area contributed by atoms with Gasteiger partial charge in [0.25, 0.3) is 0 Å². The average Bonchev–Trinajstić information content (AvgIpc) is 2.18. The molecule has 2 N–H and O–H groups in total. The van der Waals surface area contributed by atoms with Crippen molar-refractivity contribution in [3.63, 3.8) is 0 Å². The molecule has 0 heterocycles. The Kier molecular flexibility index (Phi) is 4.61. The molecule has 0 saturated carbocycles. The highest BCUT2D eigenvalue weighted by Crippen LogP contribution is 2.10. The molecule has 0 aliphatic rings. The molecule has 82 valence electrons. The van der Waals surface area contributed by atoms with Crippen LogP contribution in [0.15, 0.2) is 24.3 Å². The molecule has 0 fully saturated rings. The Bertz CT molecular complexity index is 303. The minimum atomic E-state index is -1.48. The van der Waals surface area contributed by atoms with Gasteiger partial charge in [-0.15, -0.1) is 0 Å². The maximum absolute atomic E-state index is 8.95. The van der Waals surface area contributed by atoms with Crippen molar-refractivity contribution in [1.29, 1.82) is 0 Å². The highest BCUT2D eigenvalue weighted by molar-refractivity contribution is 6.58. The summed E-state index contributed by atoms with van der Waals surface area (Å²) in [7, 11) is -1.48. The normalized spacial score (nSPS) is 12.3. The largest absolute Gasteiger partial charge is 0.488 e. The molecule has 1 unspecified atom stereocenters. The lowest BCUT2D eigenvalue weighted by molar-refractivity contribution is -0.0612. The molecule has 5 heteroatoms. The smallest absolute Gasteiger partial charge is 0.465 e. The summed E-state index contributed by atoms with van der Waals surface area (Å²) >= 11 is 0. The van der Waals surface area contributed by atoms with Gasteiger partial charge >= 0.3 is 7.12 Å². The predicted octanol–water partition coefficient (Wildman–Crippen LogP) is 0.128. The number of rotatable bonds is 5. The molecule has 0 aromatic heterocycles. The fourth-order valence-corrected chi connectivity index (χ4v) is 1.21. The van der Waals surface area contributed by atoms with Gasteiger partial charge in [-0.25, -0.2) is 0 Å². The van der Waals surface area contributed by atoms with Crippen LogP contribution in [0.5, 0.6) is 5.75 Å². The first kappa shape index (κ1) is 12.0. The van der Waals surface area contributed by atoms with Gasteiger partial charge in [0.05, 0.1) is 0 Å². The highest BCUT2D eigenvalue weighted by atomic mass is 16.7. The first-order valence-corrected chi connectivity index (χ1v) is 4.88. The Morgan fingerprint density at radius 1 is 1.40 bits per heavy atom. The second-order valence-corrected chi connectivity index (χ2v) is 3.09. The zero-order valence-electron chi connectivity index (χ0n) is 8.88. The molecule has 0 amide bonds. The summed E-state index contributed by atoms with van der Waals surface area (Å²) in [5.74, 6) is 0.557. The van der Waals surface area contributed by atoms with Gasteiger partial charge < -0.3 is 19.5 Å². The van der Waals surface area contributed by atoms with Gasteiger partial charge in [0.15, 0.2) is 6.29 Å². The molecule has 4 nitrogen and oxygen atoms in total. The molecule has 1 rings (SSSR count). The van der Waals surface area contributed by atoms with Crippen molar-refractivity contribution < 1.29 is 19.5 Å². The predicted molar refractivity (Wildman–Crippen MR) is 58.0 cm³/mol. The third-order valence-electron chi connectivity index (χ3n) is 1.86. The number of hydrogen-bond acceptors (Lipinski definition) is 4. The molecule has 0 spiro atoms. The van der Waals surface area contributed by atoms with Crippen LogP contribution in [0.3, 0.4) is 0 Å². The molecule has 15 heavy (non-hydrogen) atoms. The van der Waals surface area contributed by atoms with E-state index >= 15 is 0 Å². The molecule has 0 saturated heterocycles. The minimum Gasteiger partial charge on any atom is -0.465 e. The van der Waals surface area contributed by atoms with Crippen LogP contribution in [0.4, 0.5) is 0 Å². The van der Waals surface area contributed by atoms with Crippen molar-refractivity contribution in [1.82, 2.24) is 0 Å². The van der Waals surface area contributed by atoms with Gasteiger partial charge in [-0.1, -0.05) is 12.1 Å². The van der Waals surface area contributed by atoms with E-state index in [-0.39, 0.29) is 6.29 Å². The maximum atomic E-state index is 8.95. The second-order valence-electron chi connectivity index (χ2n) is 3.09. The van der Waals surface area contributed by atoms with Crippen LogP contribution in [0, 0.1) is 0 Å². The first-order chi connectivity index (χ1) is 7.13. The summed E-state index contributed by atoms with van der Waals surface area (Å²) < 4.78 is 10.6. The van der Waals surface area contributed by atoms with Crippen LogP contribution < -0.4 is 10.2 Å². The van der Waals surface area contributed by atoms with Crippen molar-refractivity contribution in [2.45, 2.75) is 20.1 Å². The molecular formula is C10H15BO4. The molecule has 1 atom stereocenters. The molecule has 0 bridgehead atoms. The van der Waals surface area contributed by atoms with Crippen LogP contribution in [-0.4, -0.2) is 30.1 Å². The topological polar surface area (TPSA) is 58.9 Å². The Hall–Kier alpha value is -1.04. The van der Waals surface area contributed by atoms with E-state index in [1.807, 2.05) is 6.92 Å². The Morgan fingerprint density at radius 3 is 2.73 bits per heavy atom. The Labute approximate surface area is 89.6 Å². The van der Waals surface area contributed by atoms with E-state index in [0.717, 1.165) is 0 Å². The summed E-state index contributed by atoms with van der Waals surface area (Å²) in [6.07, 6.45) is -0.346. The Morgan fingerprint density at radius 2 is 2.13 bits per heavy atom. The van der Waals surface area contributed by atoms with E-state index in [1.165, 1.54) is 0 Å². The lowest BCUT2D eigenvalue weighted by Crippen LogP contribution is -2.29. The third-order valence-corrected chi connectivity index (χ3v) is 1.86. The fourth-order valence-electron chi connectivity index (χ4n) is 1.21. The van der Waals surface area contributed by atoms with Crippen molar-refractivity contribution in [3.05, 3.63) is 24.3 Å². The van der Waals surface area contributed by atoms with Gasteiger partial charge in [-0.2, -0.15) is 0 Å². The maximum Gasteiger partial charge on any atom is 0.488 e. The molecule has 0 radical (unpaired) electrons. The highest BCUT2D eigenvalue weighted by Gasteiger charge is 2.12. The van der Waals surface area contributed by atoms with E-state index in [1.54, 1.807) is 31.2 Å². The number of ether oxygens (including phenoxy) is 2. The number of hydrogen-bond donors (Lipinski definition) is 2. The molecular weight excluding hydrogens is 195 g/mol. The van der Waals surface area contributed by atoms with Crippen LogP contribution in [0.25, 0.3) is 0 Å². The van der Waals surface area contributed by atoms with E-state index < -0.39 is 7.12 Å². The van der Waals surface area contributed by atoms with Gasteiger partial charge in [0.2, 0.25) is 0 Å². The number of benzene rings is 1. The van der Waals surface area contributed by atoms with Crippen molar-refractivity contribution in [2.24, 2.45) is 0 Å². The lowest BCUT2D eigenvalue weighted by atomic mass is 9.80. The van der Waals surface area contributed by atoms with Crippen LogP contribution >= 0.6 is 0 Å². The molecule has 1 aromatic carbocycles. The van der Waals surface area contributed by atoms with Gasteiger partial charge in [0, 0.05) is 6.61 Å². The average molecular weight is 210 g/mol.